The molecule has 4 heteroatoms. The SMILES string of the molecule is CCNC(=O)CC1NCCc2occc21. The number of furan rings is 1. The van der Waals surface area contributed by atoms with Crippen molar-refractivity contribution in [3.05, 3.63) is 23.7 Å². The predicted molar refractivity (Wildman–Crippen MR) is 56.5 cm³/mol. The third-order valence-electron chi connectivity index (χ3n) is 2.66. The number of nitrogens with one attached hydrogen (secondary N) is 2. The first kappa shape index (κ1) is 10.2. The average Bonchev–Trinajstić information content (AvgIpc) is 2.67. The molecule has 4 nitrogen and oxygen atoms in total. The van der Waals surface area contributed by atoms with Crippen LogP contribution in [0.4, 0.5) is 0 Å². The van der Waals surface area contributed by atoms with Crippen LogP contribution in [0.5, 0.6) is 0 Å². The van der Waals surface area contributed by atoms with E-state index in [1.807, 2.05) is 13.0 Å². The minimum atomic E-state index is 0.0871. The van der Waals surface area contributed by atoms with Gasteiger partial charge in [0.2, 0.25) is 5.91 Å². The highest BCUT2D eigenvalue weighted by molar-refractivity contribution is 5.76. The molecule has 0 aliphatic carbocycles. The molecule has 2 heterocycles. The Morgan fingerprint density at radius 2 is 2.60 bits per heavy atom. The van der Waals surface area contributed by atoms with E-state index in [1.165, 1.54) is 0 Å². The van der Waals surface area contributed by atoms with E-state index in [2.05, 4.69) is 10.6 Å². The van der Waals surface area contributed by atoms with Gasteiger partial charge in [0.25, 0.3) is 0 Å². The second kappa shape index (κ2) is 4.49. The molecule has 1 amide bonds. The van der Waals surface area contributed by atoms with Crippen LogP contribution < -0.4 is 10.6 Å². The van der Waals surface area contributed by atoms with Crippen molar-refractivity contribution in [2.45, 2.75) is 25.8 Å². The summed E-state index contributed by atoms with van der Waals surface area (Å²) in [5.41, 5.74) is 1.13. The number of amides is 1. The van der Waals surface area contributed by atoms with E-state index in [1.54, 1.807) is 6.26 Å². The molecule has 0 saturated heterocycles. The lowest BCUT2D eigenvalue weighted by Gasteiger charge is -2.22. The van der Waals surface area contributed by atoms with Crippen molar-refractivity contribution in [3.63, 3.8) is 0 Å². The fourth-order valence-corrected chi connectivity index (χ4v) is 1.97. The van der Waals surface area contributed by atoms with E-state index in [-0.39, 0.29) is 11.9 Å². The first-order chi connectivity index (χ1) is 7.31. The average molecular weight is 208 g/mol. The molecule has 1 aliphatic rings. The molecule has 82 valence electrons. The Kier molecular flexibility index (Phi) is 3.06. The zero-order valence-electron chi connectivity index (χ0n) is 8.88. The maximum absolute atomic E-state index is 11.5. The Labute approximate surface area is 89.0 Å². The van der Waals surface area contributed by atoms with E-state index in [0.717, 1.165) is 24.3 Å². The van der Waals surface area contributed by atoms with Gasteiger partial charge in [-0.3, -0.25) is 4.79 Å². The molecule has 0 fully saturated rings. The van der Waals surface area contributed by atoms with Gasteiger partial charge in [-0.05, 0) is 13.0 Å². The quantitative estimate of drug-likeness (QED) is 0.779. The van der Waals surface area contributed by atoms with Crippen molar-refractivity contribution >= 4 is 5.91 Å². The number of carbonyl (C=O) groups is 1. The van der Waals surface area contributed by atoms with Crippen molar-refractivity contribution in [1.82, 2.24) is 10.6 Å². The van der Waals surface area contributed by atoms with Crippen LogP contribution in [0.25, 0.3) is 0 Å². The largest absolute Gasteiger partial charge is 0.469 e. The van der Waals surface area contributed by atoms with E-state index >= 15 is 0 Å². The zero-order valence-corrected chi connectivity index (χ0v) is 8.88. The third-order valence-corrected chi connectivity index (χ3v) is 2.66. The second-order valence-electron chi connectivity index (χ2n) is 3.71. The van der Waals surface area contributed by atoms with Gasteiger partial charge in [0.15, 0.2) is 0 Å². The molecule has 15 heavy (non-hydrogen) atoms. The predicted octanol–water partition coefficient (Wildman–Crippen LogP) is 0.993. The summed E-state index contributed by atoms with van der Waals surface area (Å²) in [7, 11) is 0. The van der Waals surface area contributed by atoms with E-state index < -0.39 is 0 Å². The van der Waals surface area contributed by atoms with Crippen LogP contribution in [-0.4, -0.2) is 19.0 Å². The van der Waals surface area contributed by atoms with E-state index in [0.29, 0.717) is 13.0 Å². The van der Waals surface area contributed by atoms with Crippen LogP contribution in [0, 0.1) is 0 Å². The summed E-state index contributed by atoms with van der Waals surface area (Å²) in [6.07, 6.45) is 3.09. The molecule has 0 bridgehead atoms. The summed E-state index contributed by atoms with van der Waals surface area (Å²) in [6, 6.07) is 2.06. The lowest BCUT2D eigenvalue weighted by molar-refractivity contribution is -0.121. The number of fused-ring (bicyclic) bond motifs is 1. The standard InChI is InChI=1S/C11H16N2O2/c1-2-12-11(14)7-9-8-4-6-15-10(8)3-5-13-9/h4,6,9,13H,2-3,5,7H2,1H3,(H,12,14). The minimum absolute atomic E-state index is 0.0871. The Morgan fingerprint density at radius 1 is 1.73 bits per heavy atom. The van der Waals surface area contributed by atoms with Crippen molar-refractivity contribution in [1.29, 1.82) is 0 Å². The molecule has 0 aromatic carbocycles. The molecule has 1 unspecified atom stereocenters. The minimum Gasteiger partial charge on any atom is -0.469 e. The van der Waals surface area contributed by atoms with Gasteiger partial charge in [0.05, 0.1) is 6.26 Å². The molecule has 2 N–H and O–H groups in total. The van der Waals surface area contributed by atoms with Crippen molar-refractivity contribution in [2.24, 2.45) is 0 Å². The molecule has 1 aromatic heterocycles. The molecule has 0 radical (unpaired) electrons. The highest BCUT2D eigenvalue weighted by Gasteiger charge is 2.23. The van der Waals surface area contributed by atoms with E-state index in [9.17, 15) is 4.79 Å². The molecule has 1 atom stereocenters. The summed E-state index contributed by atoms with van der Waals surface area (Å²) in [4.78, 5) is 11.5. The molecular formula is C11H16N2O2. The number of hydrogen-bond acceptors (Lipinski definition) is 3. The van der Waals surface area contributed by atoms with Gasteiger partial charge in [0.1, 0.15) is 5.76 Å². The Balaban J connectivity index is 2.03. The van der Waals surface area contributed by atoms with Crippen LogP contribution in [0.2, 0.25) is 0 Å². The molecule has 0 spiro atoms. The van der Waals surface area contributed by atoms with Gasteiger partial charge in [-0.15, -0.1) is 0 Å². The lowest BCUT2D eigenvalue weighted by atomic mass is 9.99. The zero-order chi connectivity index (χ0) is 10.7. The van der Waals surface area contributed by atoms with Gasteiger partial charge in [-0.1, -0.05) is 0 Å². The first-order valence-electron chi connectivity index (χ1n) is 5.37. The van der Waals surface area contributed by atoms with Gasteiger partial charge >= 0.3 is 0 Å². The van der Waals surface area contributed by atoms with Gasteiger partial charge < -0.3 is 15.1 Å². The van der Waals surface area contributed by atoms with Gasteiger partial charge in [-0.2, -0.15) is 0 Å². The highest BCUT2D eigenvalue weighted by atomic mass is 16.3. The molecule has 1 aliphatic heterocycles. The summed E-state index contributed by atoms with van der Waals surface area (Å²) in [5.74, 6) is 1.10. The van der Waals surface area contributed by atoms with Crippen molar-refractivity contribution in [3.8, 4) is 0 Å². The van der Waals surface area contributed by atoms with Crippen molar-refractivity contribution < 1.29 is 9.21 Å². The maximum Gasteiger partial charge on any atom is 0.221 e. The Bertz CT molecular complexity index is 346. The number of carbonyl (C=O) groups excluding carboxylic acids is 1. The summed E-state index contributed by atoms with van der Waals surface area (Å²) in [5, 5.41) is 6.14. The Morgan fingerprint density at radius 3 is 3.40 bits per heavy atom. The summed E-state index contributed by atoms with van der Waals surface area (Å²) >= 11 is 0. The van der Waals surface area contributed by atoms with Crippen LogP contribution in [0.1, 0.15) is 30.7 Å². The van der Waals surface area contributed by atoms with Gasteiger partial charge in [-0.25, -0.2) is 0 Å². The van der Waals surface area contributed by atoms with Crippen LogP contribution in [0.15, 0.2) is 16.7 Å². The summed E-state index contributed by atoms with van der Waals surface area (Å²) in [6.45, 7) is 3.49. The molecule has 0 saturated carbocycles. The number of rotatable bonds is 3. The molecule has 1 aromatic rings. The third kappa shape index (κ3) is 2.21. The van der Waals surface area contributed by atoms with Crippen molar-refractivity contribution in [2.75, 3.05) is 13.1 Å². The van der Waals surface area contributed by atoms with E-state index in [4.69, 9.17) is 4.42 Å². The second-order valence-corrected chi connectivity index (χ2v) is 3.71. The fourth-order valence-electron chi connectivity index (χ4n) is 1.97. The maximum atomic E-state index is 11.5. The summed E-state index contributed by atoms with van der Waals surface area (Å²) < 4.78 is 5.36. The lowest BCUT2D eigenvalue weighted by Crippen LogP contribution is -2.34. The molecule has 2 rings (SSSR count). The molecular weight excluding hydrogens is 192 g/mol. The van der Waals surface area contributed by atoms with Gasteiger partial charge in [0, 0.05) is 37.5 Å². The smallest absolute Gasteiger partial charge is 0.221 e. The van der Waals surface area contributed by atoms with Crippen LogP contribution in [0.3, 0.4) is 0 Å². The van der Waals surface area contributed by atoms with Crippen LogP contribution in [-0.2, 0) is 11.2 Å². The monoisotopic (exact) mass is 208 g/mol. The topological polar surface area (TPSA) is 54.3 Å². The van der Waals surface area contributed by atoms with Crippen LogP contribution >= 0.6 is 0 Å². The fraction of sp³-hybridized carbons (Fsp3) is 0.545. The highest BCUT2D eigenvalue weighted by Crippen LogP contribution is 2.25. The first-order valence-corrected chi connectivity index (χ1v) is 5.37. The Hall–Kier alpha value is -1.29. The normalized spacial score (nSPS) is 19.7. The number of hydrogen-bond donors (Lipinski definition) is 2.